The lowest BCUT2D eigenvalue weighted by Crippen LogP contribution is -2.33. The summed E-state index contributed by atoms with van der Waals surface area (Å²) < 4.78 is 11.5. The van der Waals surface area contributed by atoms with Gasteiger partial charge in [-0.3, -0.25) is 10.1 Å². The van der Waals surface area contributed by atoms with Gasteiger partial charge in [-0.15, -0.1) is 0 Å². The number of para-hydroxylation sites is 1. The highest BCUT2D eigenvalue weighted by Gasteiger charge is 2.40. The number of non-ortho nitro benzene ring substituents is 1. The quantitative estimate of drug-likeness (QED) is 0.462. The molecule has 2 aliphatic heterocycles. The minimum atomic E-state index is -0.457. The lowest BCUT2D eigenvalue weighted by atomic mass is 9.96. The van der Waals surface area contributed by atoms with Crippen LogP contribution in [-0.2, 0) is 0 Å². The topological polar surface area (TPSA) is 77.2 Å². The van der Waals surface area contributed by atoms with E-state index in [2.05, 4.69) is 6.07 Å². The standard InChI is InChI=1S/C23H19N3O4/c1-29-18-12-8-15(9-13-18)20-14-21-19-4-2-3-5-22(19)30-23(25(21)24-20)16-6-10-17(11-7-16)26(27)28/h2-13,21,23H,14H2,1H3. The van der Waals surface area contributed by atoms with Crippen LogP contribution < -0.4 is 9.47 Å². The molecule has 5 rings (SSSR count). The fraction of sp³-hybridized carbons (Fsp3) is 0.174. The first kappa shape index (κ1) is 18.2. The molecule has 30 heavy (non-hydrogen) atoms. The molecule has 2 aliphatic rings. The molecule has 0 N–H and O–H groups in total. The molecule has 3 aromatic rings. The third-order valence-corrected chi connectivity index (χ3v) is 5.51. The van der Waals surface area contributed by atoms with Crippen molar-refractivity contribution in [2.75, 3.05) is 7.11 Å². The van der Waals surface area contributed by atoms with Crippen molar-refractivity contribution in [3.63, 3.8) is 0 Å². The molecule has 7 heteroatoms. The van der Waals surface area contributed by atoms with Gasteiger partial charge in [-0.05, 0) is 48.0 Å². The van der Waals surface area contributed by atoms with Crippen molar-refractivity contribution < 1.29 is 14.4 Å². The second kappa shape index (κ2) is 7.18. The normalized spacial score (nSPS) is 19.4. The van der Waals surface area contributed by atoms with Gasteiger partial charge in [0, 0.05) is 29.7 Å². The highest BCUT2D eigenvalue weighted by Crippen LogP contribution is 2.47. The summed E-state index contributed by atoms with van der Waals surface area (Å²) in [6.45, 7) is 0. The Labute approximate surface area is 173 Å². The molecule has 0 saturated heterocycles. The van der Waals surface area contributed by atoms with E-state index in [9.17, 15) is 10.1 Å². The minimum absolute atomic E-state index is 0.0345. The number of fused-ring (bicyclic) bond motifs is 3. The number of nitro groups is 1. The average molecular weight is 401 g/mol. The van der Waals surface area contributed by atoms with E-state index in [0.717, 1.165) is 40.3 Å². The summed E-state index contributed by atoms with van der Waals surface area (Å²) in [4.78, 5) is 10.6. The van der Waals surface area contributed by atoms with Gasteiger partial charge >= 0.3 is 0 Å². The van der Waals surface area contributed by atoms with Crippen molar-refractivity contribution in [3.8, 4) is 11.5 Å². The summed E-state index contributed by atoms with van der Waals surface area (Å²) in [6, 6.07) is 22.3. The van der Waals surface area contributed by atoms with Crippen LogP contribution >= 0.6 is 0 Å². The van der Waals surface area contributed by atoms with Gasteiger partial charge in [-0.25, -0.2) is 5.01 Å². The van der Waals surface area contributed by atoms with Crippen LogP contribution in [0.25, 0.3) is 0 Å². The van der Waals surface area contributed by atoms with E-state index in [4.69, 9.17) is 14.6 Å². The van der Waals surface area contributed by atoms with E-state index >= 15 is 0 Å². The minimum Gasteiger partial charge on any atom is -0.497 e. The molecular weight excluding hydrogens is 382 g/mol. The fourth-order valence-electron chi connectivity index (χ4n) is 3.97. The molecule has 2 unspecified atom stereocenters. The first-order valence-electron chi connectivity index (χ1n) is 9.64. The van der Waals surface area contributed by atoms with Crippen LogP contribution in [0.15, 0.2) is 77.9 Å². The molecule has 150 valence electrons. The summed E-state index contributed by atoms with van der Waals surface area (Å²) >= 11 is 0. The maximum atomic E-state index is 11.0. The monoisotopic (exact) mass is 401 g/mol. The Balaban J connectivity index is 1.54. The summed E-state index contributed by atoms with van der Waals surface area (Å²) in [5.74, 6) is 1.61. The second-order valence-electron chi connectivity index (χ2n) is 7.23. The largest absolute Gasteiger partial charge is 0.497 e. The van der Waals surface area contributed by atoms with Crippen molar-refractivity contribution in [3.05, 3.63) is 99.6 Å². The zero-order valence-corrected chi connectivity index (χ0v) is 16.3. The van der Waals surface area contributed by atoms with Crippen molar-refractivity contribution in [1.29, 1.82) is 0 Å². The van der Waals surface area contributed by atoms with E-state index < -0.39 is 11.2 Å². The number of nitro benzene ring substituents is 1. The van der Waals surface area contributed by atoms with Gasteiger partial charge in [0.15, 0.2) is 0 Å². The molecule has 0 saturated carbocycles. The van der Waals surface area contributed by atoms with Crippen LogP contribution in [0.3, 0.4) is 0 Å². The van der Waals surface area contributed by atoms with Gasteiger partial charge in [-0.2, -0.15) is 5.10 Å². The van der Waals surface area contributed by atoms with E-state index in [1.54, 1.807) is 19.2 Å². The van der Waals surface area contributed by atoms with Crippen molar-refractivity contribution in [2.24, 2.45) is 5.10 Å². The third kappa shape index (κ3) is 3.04. The Kier molecular flexibility index (Phi) is 4.35. The molecule has 0 spiro atoms. The zero-order chi connectivity index (χ0) is 20.7. The number of methoxy groups -OCH3 is 1. The first-order chi connectivity index (χ1) is 14.6. The summed E-state index contributed by atoms with van der Waals surface area (Å²) in [7, 11) is 1.64. The van der Waals surface area contributed by atoms with E-state index in [1.165, 1.54) is 12.1 Å². The number of benzene rings is 3. The van der Waals surface area contributed by atoms with Gasteiger partial charge < -0.3 is 9.47 Å². The van der Waals surface area contributed by atoms with Gasteiger partial charge in [0.25, 0.3) is 5.69 Å². The first-order valence-corrected chi connectivity index (χ1v) is 9.64. The van der Waals surface area contributed by atoms with Crippen LogP contribution in [0.5, 0.6) is 11.5 Å². The summed E-state index contributed by atoms with van der Waals surface area (Å²) in [5, 5.41) is 17.9. The lowest BCUT2D eigenvalue weighted by molar-refractivity contribution is -0.384. The highest BCUT2D eigenvalue weighted by atomic mass is 16.6. The smallest absolute Gasteiger partial charge is 0.269 e. The molecule has 2 atom stereocenters. The molecule has 2 heterocycles. The van der Waals surface area contributed by atoms with Gasteiger partial charge in [-0.1, -0.05) is 18.2 Å². The molecule has 0 aromatic heterocycles. The lowest BCUT2D eigenvalue weighted by Gasteiger charge is -2.38. The van der Waals surface area contributed by atoms with E-state index in [-0.39, 0.29) is 11.7 Å². The third-order valence-electron chi connectivity index (χ3n) is 5.51. The fourth-order valence-corrected chi connectivity index (χ4v) is 3.97. The summed E-state index contributed by atoms with van der Waals surface area (Å²) in [5.41, 5.74) is 3.96. The molecule has 3 aromatic carbocycles. The average Bonchev–Trinajstić information content (AvgIpc) is 3.24. The molecule has 0 bridgehead atoms. The van der Waals surface area contributed by atoms with Crippen LogP contribution in [0.1, 0.15) is 35.4 Å². The molecule has 0 fully saturated rings. The number of ether oxygens (including phenoxy) is 2. The van der Waals surface area contributed by atoms with Crippen molar-refractivity contribution in [2.45, 2.75) is 18.7 Å². The van der Waals surface area contributed by atoms with Gasteiger partial charge in [0.2, 0.25) is 6.23 Å². The Morgan fingerprint density at radius 1 is 1.07 bits per heavy atom. The Morgan fingerprint density at radius 3 is 2.50 bits per heavy atom. The molecule has 0 radical (unpaired) electrons. The number of hydrazone groups is 1. The Hall–Kier alpha value is -3.87. The van der Waals surface area contributed by atoms with Crippen LogP contribution in [0.2, 0.25) is 0 Å². The zero-order valence-electron chi connectivity index (χ0n) is 16.3. The predicted molar refractivity (Wildman–Crippen MR) is 112 cm³/mol. The van der Waals surface area contributed by atoms with Crippen LogP contribution in [0.4, 0.5) is 5.69 Å². The highest BCUT2D eigenvalue weighted by molar-refractivity contribution is 6.02. The van der Waals surface area contributed by atoms with Gasteiger partial charge in [0.05, 0.1) is 23.8 Å². The summed E-state index contributed by atoms with van der Waals surface area (Å²) in [6.07, 6.45) is 0.289. The van der Waals surface area contributed by atoms with Crippen molar-refractivity contribution >= 4 is 11.4 Å². The molecule has 0 aliphatic carbocycles. The number of rotatable bonds is 4. The van der Waals surface area contributed by atoms with Crippen LogP contribution in [-0.4, -0.2) is 22.8 Å². The number of hydrogen-bond acceptors (Lipinski definition) is 6. The van der Waals surface area contributed by atoms with Gasteiger partial charge in [0.1, 0.15) is 11.5 Å². The molecule has 0 amide bonds. The number of nitrogens with zero attached hydrogens (tertiary/aromatic N) is 3. The second-order valence-corrected chi connectivity index (χ2v) is 7.23. The molecular formula is C23H19N3O4. The maximum Gasteiger partial charge on any atom is 0.269 e. The maximum absolute atomic E-state index is 11.0. The van der Waals surface area contributed by atoms with E-state index in [0.29, 0.717) is 0 Å². The predicted octanol–water partition coefficient (Wildman–Crippen LogP) is 4.85. The van der Waals surface area contributed by atoms with Crippen LogP contribution in [0, 0.1) is 10.1 Å². The van der Waals surface area contributed by atoms with Crippen molar-refractivity contribution in [1.82, 2.24) is 5.01 Å². The molecule has 7 nitrogen and oxygen atoms in total. The Morgan fingerprint density at radius 2 is 1.80 bits per heavy atom. The SMILES string of the molecule is COc1ccc(C2=NN3C(C2)c2ccccc2OC3c2ccc([N+](=O)[O-])cc2)cc1. The Bertz CT molecular complexity index is 1130. The van der Waals surface area contributed by atoms with E-state index in [1.807, 2.05) is 47.5 Å². The number of hydrogen-bond donors (Lipinski definition) is 0.